The van der Waals surface area contributed by atoms with Crippen molar-refractivity contribution in [3.8, 4) is 5.88 Å². The van der Waals surface area contributed by atoms with Crippen LogP contribution in [0.2, 0.25) is 0 Å². The van der Waals surface area contributed by atoms with Crippen molar-refractivity contribution in [3.05, 3.63) is 23.9 Å². The molecule has 1 unspecified atom stereocenters. The molecule has 3 nitrogen and oxygen atoms in total. The molecule has 1 atom stereocenters. The van der Waals surface area contributed by atoms with E-state index in [1.807, 2.05) is 12.3 Å². The van der Waals surface area contributed by atoms with Gasteiger partial charge in [-0.15, -0.1) is 0 Å². The Hall–Kier alpha value is -1.09. The maximum atomic E-state index is 5.68. The van der Waals surface area contributed by atoms with Crippen molar-refractivity contribution >= 4 is 0 Å². The zero-order valence-corrected chi connectivity index (χ0v) is 10.5. The summed E-state index contributed by atoms with van der Waals surface area (Å²) in [5, 5.41) is 3.26. The second-order valence-corrected chi connectivity index (χ2v) is 4.00. The summed E-state index contributed by atoms with van der Waals surface area (Å²) in [6, 6.07) is 4.00. The van der Waals surface area contributed by atoms with Gasteiger partial charge in [-0.1, -0.05) is 26.3 Å². The van der Waals surface area contributed by atoms with E-state index in [1.165, 1.54) is 5.56 Å². The Labute approximate surface area is 98.2 Å². The zero-order chi connectivity index (χ0) is 11.8. The predicted molar refractivity (Wildman–Crippen MR) is 66.6 cm³/mol. The number of pyridine rings is 1. The van der Waals surface area contributed by atoms with Gasteiger partial charge in [-0.05, 0) is 25.5 Å². The number of nitrogens with one attached hydrogen (secondary N) is 1. The van der Waals surface area contributed by atoms with Crippen LogP contribution in [0.15, 0.2) is 18.3 Å². The quantitative estimate of drug-likeness (QED) is 0.770. The third-order valence-corrected chi connectivity index (χ3v) is 2.39. The lowest BCUT2D eigenvalue weighted by molar-refractivity contribution is 0.201. The van der Waals surface area contributed by atoms with Crippen molar-refractivity contribution in [2.45, 2.75) is 46.3 Å². The highest BCUT2D eigenvalue weighted by atomic mass is 16.5. The van der Waals surface area contributed by atoms with E-state index in [0.717, 1.165) is 31.8 Å². The molecular weight excluding hydrogens is 200 g/mol. The zero-order valence-electron chi connectivity index (χ0n) is 10.5. The predicted octanol–water partition coefficient (Wildman–Crippen LogP) is 2.76. The molecule has 0 spiro atoms. The maximum absolute atomic E-state index is 5.68. The Morgan fingerprint density at radius 3 is 2.75 bits per heavy atom. The molecule has 16 heavy (non-hydrogen) atoms. The van der Waals surface area contributed by atoms with Crippen LogP contribution in [0.25, 0.3) is 0 Å². The van der Waals surface area contributed by atoms with Gasteiger partial charge in [-0.3, -0.25) is 0 Å². The average Bonchev–Trinajstić information content (AvgIpc) is 2.28. The van der Waals surface area contributed by atoms with Crippen molar-refractivity contribution in [3.63, 3.8) is 0 Å². The Kier molecular flexibility index (Phi) is 5.86. The number of rotatable bonds is 7. The van der Waals surface area contributed by atoms with E-state index in [-0.39, 0.29) is 6.10 Å². The molecule has 0 bridgehead atoms. The highest BCUT2D eigenvalue weighted by Crippen LogP contribution is 2.11. The first kappa shape index (κ1) is 13.0. The molecule has 1 N–H and O–H groups in total. The largest absolute Gasteiger partial charge is 0.475 e. The lowest BCUT2D eigenvalue weighted by Gasteiger charge is -2.12. The van der Waals surface area contributed by atoms with E-state index >= 15 is 0 Å². The minimum Gasteiger partial charge on any atom is -0.475 e. The molecular formula is C13H22N2O. The fourth-order valence-corrected chi connectivity index (χ4v) is 1.53. The van der Waals surface area contributed by atoms with Crippen LogP contribution in [-0.2, 0) is 6.54 Å². The fourth-order valence-electron chi connectivity index (χ4n) is 1.53. The van der Waals surface area contributed by atoms with E-state index < -0.39 is 0 Å². The second kappa shape index (κ2) is 7.23. The van der Waals surface area contributed by atoms with Crippen LogP contribution < -0.4 is 10.1 Å². The molecule has 1 heterocycles. The van der Waals surface area contributed by atoms with Crippen LogP contribution in [-0.4, -0.2) is 17.6 Å². The van der Waals surface area contributed by atoms with E-state index in [1.54, 1.807) is 0 Å². The van der Waals surface area contributed by atoms with Gasteiger partial charge in [0.1, 0.15) is 0 Å². The molecule has 3 heteroatoms. The molecule has 90 valence electrons. The molecule has 0 aliphatic rings. The fraction of sp³-hybridized carbons (Fsp3) is 0.615. The smallest absolute Gasteiger partial charge is 0.213 e. The van der Waals surface area contributed by atoms with Gasteiger partial charge in [0.2, 0.25) is 5.88 Å². The first-order valence-electron chi connectivity index (χ1n) is 6.08. The van der Waals surface area contributed by atoms with Crippen molar-refractivity contribution < 1.29 is 4.74 Å². The lowest BCUT2D eigenvalue weighted by atomic mass is 10.2. The van der Waals surface area contributed by atoms with Gasteiger partial charge in [-0.2, -0.15) is 0 Å². The first-order valence-corrected chi connectivity index (χ1v) is 6.08. The summed E-state index contributed by atoms with van der Waals surface area (Å²) >= 11 is 0. The van der Waals surface area contributed by atoms with Gasteiger partial charge in [0.25, 0.3) is 0 Å². The van der Waals surface area contributed by atoms with Gasteiger partial charge < -0.3 is 10.1 Å². The van der Waals surface area contributed by atoms with Crippen LogP contribution >= 0.6 is 0 Å². The maximum Gasteiger partial charge on any atom is 0.213 e. The number of hydrogen-bond acceptors (Lipinski definition) is 3. The SMILES string of the molecule is CCCC(C)Oc1ccc(CNCC)cn1. The third kappa shape index (κ3) is 4.62. The highest BCUT2D eigenvalue weighted by molar-refractivity contribution is 5.17. The van der Waals surface area contributed by atoms with Crippen molar-refractivity contribution in [2.24, 2.45) is 0 Å². The van der Waals surface area contributed by atoms with Crippen LogP contribution in [0, 0.1) is 0 Å². The molecule has 1 rings (SSSR count). The summed E-state index contributed by atoms with van der Waals surface area (Å²) in [4.78, 5) is 4.29. The molecule has 0 saturated carbocycles. The monoisotopic (exact) mass is 222 g/mol. The summed E-state index contributed by atoms with van der Waals surface area (Å²) in [7, 11) is 0. The molecule has 0 aromatic carbocycles. The van der Waals surface area contributed by atoms with Gasteiger partial charge in [-0.25, -0.2) is 4.98 Å². The van der Waals surface area contributed by atoms with Crippen LogP contribution in [0.4, 0.5) is 0 Å². The van der Waals surface area contributed by atoms with Gasteiger partial charge in [0.15, 0.2) is 0 Å². The highest BCUT2D eigenvalue weighted by Gasteiger charge is 2.03. The minimum atomic E-state index is 0.247. The Balaban J connectivity index is 2.44. The van der Waals surface area contributed by atoms with Crippen LogP contribution in [0.3, 0.4) is 0 Å². The lowest BCUT2D eigenvalue weighted by Crippen LogP contribution is -2.13. The molecule has 1 aromatic heterocycles. The topological polar surface area (TPSA) is 34.1 Å². The first-order chi connectivity index (χ1) is 7.76. The minimum absolute atomic E-state index is 0.247. The Morgan fingerprint density at radius 1 is 1.38 bits per heavy atom. The van der Waals surface area contributed by atoms with E-state index in [4.69, 9.17) is 4.74 Å². The summed E-state index contributed by atoms with van der Waals surface area (Å²) in [5.41, 5.74) is 1.19. The molecule has 0 amide bonds. The van der Waals surface area contributed by atoms with Gasteiger partial charge in [0.05, 0.1) is 6.10 Å². The van der Waals surface area contributed by atoms with E-state index in [9.17, 15) is 0 Å². The average molecular weight is 222 g/mol. The van der Waals surface area contributed by atoms with E-state index in [2.05, 4.69) is 37.1 Å². The number of nitrogens with zero attached hydrogens (tertiary/aromatic N) is 1. The number of ether oxygens (including phenoxy) is 1. The molecule has 0 radical (unpaired) electrons. The summed E-state index contributed by atoms with van der Waals surface area (Å²) in [6.45, 7) is 8.18. The normalized spacial score (nSPS) is 12.4. The standard InChI is InChI=1S/C13H22N2O/c1-4-6-11(3)16-13-8-7-12(10-15-13)9-14-5-2/h7-8,10-11,14H,4-6,9H2,1-3H3. The second-order valence-electron chi connectivity index (χ2n) is 4.00. The molecule has 0 fully saturated rings. The van der Waals surface area contributed by atoms with Crippen molar-refractivity contribution in [1.82, 2.24) is 10.3 Å². The molecule has 0 aliphatic carbocycles. The summed E-state index contributed by atoms with van der Waals surface area (Å²) in [6.07, 6.45) is 4.33. The molecule has 1 aromatic rings. The van der Waals surface area contributed by atoms with Crippen molar-refractivity contribution in [2.75, 3.05) is 6.54 Å². The van der Waals surface area contributed by atoms with Crippen molar-refractivity contribution in [1.29, 1.82) is 0 Å². The van der Waals surface area contributed by atoms with Crippen LogP contribution in [0.1, 0.15) is 39.2 Å². The summed E-state index contributed by atoms with van der Waals surface area (Å²) < 4.78 is 5.68. The molecule has 0 aliphatic heterocycles. The third-order valence-electron chi connectivity index (χ3n) is 2.39. The van der Waals surface area contributed by atoms with Gasteiger partial charge in [0, 0.05) is 18.8 Å². The van der Waals surface area contributed by atoms with Gasteiger partial charge >= 0.3 is 0 Å². The van der Waals surface area contributed by atoms with E-state index in [0.29, 0.717) is 0 Å². The Morgan fingerprint density at radius 2 is 2.19 bits per heavy atom. The number of hydrogen-bond donors (Lipinski definition) is 1. The Bertz CT molecular complexity index is 284. The van der Waals surface area contributed by atoms with Crippen LogP contribution in [0.5, 0.6) is 5.88 Å². The summed E-state index contributed by atoms with van der Waals surface area (Å²) in [5.74, 6) is 0.723. The molecule has 0 saturated heterocycles. The number of aromatic nitrogens is 1.